The second-order valence-corrected chi connectivity index (χ2v) is 12.0. The molecule has 1 aromatic heterocycles. The highest BCUT2D eigenvalue weighted by Crippen LogP contribution is 2.47. The quantitative estimate of drug-likeness (QED) is 0.419. The first kappa shape index (κ1) is 25.5. The van der Waals surface area contributed by atoms with Crippen molar-refractivity contribution < 1.29 is 14.7 Å². The first-order valence-electron chi connectivity index (χ1n) is 14.8. The van der Waals surface area contributed by atoms with E-state index in [4.69, 9.17) is 4.84 Å². The number of carboxylic acids is 1. The highest BCUT2D eigenvalue weighted by atomic mass is 16.6. The van der Waals surface area contributed by atoms with Crippen LogP contribution in [0.1, 0.15) is 95.7 Å². The third-order valence-corrected chi connectivity index (χ3v) is 9.65. The SMILES string of the molecule is CCO/N=C(\C(=O)O)c1nc2ccccc2n(C2C[C@H]3CCC[C@H](C2)N3C2C[C@@H]3CCCC[C@@H](C2)C3)c1=O. The molecule has 8 nitrogen and oxygen atoms in total. The van der Waals surface area contributed by atoms with Gasteiger partial charge < -0.3 is 14.5 Å². The number of piperidine rings is 2. The lowest BCUT2D eigenvalue weighted by atomic mass is 9.73. The fraction of sp³-hybridized carbons (Fsp3) is 0.667. The van der Waals surface area contributed by atoms with Gasteiger partial charge in [-0.25, -0.2) is 9.78 Å². The van der Waals surface area contributed by atoms with E-state index in [1.54, 1.807) is 6.92 Å². The summed E-state index contributed by atoms with van der Waals surface area (Å²) in [7, 11) is 0. The first-order chi connectivity index (χ1) is 18.5. The van der Waals surface area contributed by atoms with E-state index in [9.17, 15) is 14.7 Å². The van der Waals surface area contributed by atoms with Gasteiger partial charge in [0.1, 0.15) is 6.61 Å². The minimum absolute atomic E-state index is 0.00806. The van der Waals surface area contributed by atoms with Crippen molar-refractivity contribution in [3.63, 3.8) is 0 Å². The third kappa shape index (κ3) is 4.76. The molecule has 1 aromatic carbocycles. The summed E-state index contributed by atoms with van der Waals surface area (Å²) in [6.45, 7) is 1.94. The number of aromatic nitrogens is 2. The summed E-state index contributed by atoms with van der Waals surface area (Å²) in [5.74, 6) is 0.455. The van der Waals surface area contributed by atoms with E-state index < -0.39 is 11.7 Å². The van der Waals surface area contributed by atoms with E-state index in [0.29, 0.717) is 23.6 Å². The number of aliphatic carboxylic acids is 1. The number of hydrogen-bond acceptors (Lipinski definition) is 6. The Morgan fingerprint density at radius 1 is 0.947 bits per heavy atom. The molecule has 204 valence electrons. The number of nitrogens with zero attached hydrogens (tertiary/aromatic N) is 4. The number of rotatable bonds is 6. The molecule has 38 heavy (non-hydrogen) atoms. The zero-order valence-corrected chi connectivity index (χ0v) is 22.4. The highest BCUT2D eigenvalue weighted by Gasteiger charge is 2.45. The molecule has 2 aromatic rings. The van der Waals surface area contributed by atoms with Crippen LogP contribution in [-0.2, 0) is 9.63 Å². The first-order valence-corrected chi connectivity index (χ1v) is 14.8. The normalized spacial score (nSPS) is 32.1. The summed E-state index contributed by atoms with van der Waals surface area (Å²) >= 11 is 0. The Morgan fingerprint density at radius 2 is 1.63 bits per heavy atom. The van der Waals surface area contributed by atoms with Gasteiger partial charge >= 0.3 is 5.97 Å². The fourth-order valence-electron chi connectivity index (χ4n) is 8.29. The van der Waals surface area contributed by atoms with Gasteiger partial charge in [-0.1, -0.05) is 49.4 Å². The van der Waals surface area contributed by atoms with Gasteiger partial charge in [-0.05, 0) is 75.8 Å². The topological polar surface area (TPSA) is 97.0 Å². The monoisotopic (exact) mass is 520 g/mol. The molecule has 0 amide bonds. The number of fused-ring (bicyclic) bond motifs is 5. The van der Waals surface area contributed by atoms with Crippen LogP contribution in [0.15, 0.2) is 34.2 Å². The molecule has 2 saturated carbocycles. The van der Waals surface area contributed by atoms with Gasteiger partial charge in [-0.15, -0.1) is 0 Å². The standard InChI is InChI=1S/C30H40N4O4/c1-2-38-32-28(30(36)37)27-29(35)34(26-13-6-5-12-25(26)31-27)24-17-21-10-7-11-22(18-24)33(21)23-15-19-8-3-4-9-20(14-19)16-23/h5-6,12-13,19-24H,2-4,7-11,14-18H2,1H3,(H,36,37)/b32-28-/t19-,20-,21-,22-/m1/s1. The lowest BCUT2D eigenvalue weighted by molar-refractivity contribution is -0.129. The molecule has 2 aliphatic heterocycles. The van der Waals surface area contributed by atoms with Gasteiger partial charge in [-0.3, -0.25) is 9.69 Å². The second kappa shape index (κ2) is 10.8. The van der Waals surface area contributed by atoms with Gasteiger partial charge in [0.15, 0.2) is 5.69 Å². The average Bonchev–Trinajstić information content (AvgIpc) is 3.07. The maximum atomic E-state index is 14.0. The van der Waals surface area contributed by atoms with Crippen molar-refractivity contribution in [2.24, 2.45) is 17.0 Å². The van der Waals surface area contributed by atoms with Crippen LogP contribution in [0.4, 0.5) is 0 Å². The maximum Gasteiger partial charge on any atom is 0.360 e. The van der Waals surface area contributed by atoms with Gasteiger partial charge in [-0.2, -0.15) is 0 Å². The molecule has 3 heterocycles. The van der Waals surface area contributed by atoms with E-state index in [1.807, 2.05) is 28.8 Å². The summed E-state index contributed by atoms with van der Waals surface area (Å²) in [6, 6.07) is 9.18. The number of oxime groups is 1. The fourth-order valence-corrected chi connectivity index (χ4v) is 8.29. The number of carboxylic acid groups (broad SMARTS) is 1. The minimum Gasteiger partial charge on any atom is -0.476 e. The number of benzene rings is 1. The number of hydrogen-bond donors (Lipinski definition) is 1. The second-order valence-electron chi connectivity index (χ2n) is 12.0. The molecule has 0 radical (unpaired) electrons. The summed E-state index contributed by atoms with van der Waals surface area (Å²) < 4.78 is 1.84. The van der Waals surface area contributed by atoms with E-state index in [0.717, 1.165) is 30.2 Å². The minimum atomic E-state index is -1.31. The van der Waals surface area contributed by atoms with Crippen LogP contribution in [0.5, 0.6) is 0 Å². The van der Waals surface area contributed by atoms with Crippen molar-refractivity contribution in [3.05, 3.63) is 40.3 Å². The van der Waals surface area contributed by atoms with Crippen LogP contribution in [0, 0.1) is 11.8 Å². The lowest BCUT2D eigenvalue weighted by Gasteiger charge is -2.54. The van der Waals surface area contributed by atoms with Crippen molar-refractivity contribution in [2.45, 2.75) is 108 Å². The average molecular weight is 521 g/mol. The molecule has 4 aliphatic rings. The molecule has 1 N–H and O–H groups in total. The summed E-state index contributed by atoms with van der Waals surface area (Å²) in [4.78, 5) is 38.4. The van der Waals surface area contributed by atoms with Crippen molar-refractivity contribution >= 4 is 22.7 Å². The Hall–Kier alpha value is -2.74. The van der Waals surface area contributed by atoms with Gasteiger partial charge in [0.05, 0.1) is 11.0 Å². The largest absolute Gasteiger partial charge is 0.476 e. The summed E-state index contributed by atoms with van der Waals surface area (Å²) in [5, 5.41) is 13.6. The zero-order chi connectivity index (χ0) is 26.2. The Balaban J connectivity index is 1.36. The molecule has 0 unspecified atom stereocenters. The number of carbonyl (C=O) groups is 1. The molecular formula is C30H40N4O4. The number of para-hydroxylation sites is 2. The van der Waals surface area contributed by atoms with Crippen LogP contribution in [0.3, 0.4) is 0 Å². The van der Waals surface area contributed by atoms with E-state index in [-0.39, 0.29) is 23.9 Å². The molecule has 2 aliphatic carbocycles. The Labute approximate surface area is 224 Å². The third-order valence-electron chi connectivity index (χ3n) is 9.65. The highest BCUT2D eigenvalue weighted by molar-refractivity contribution is 6.41. The van der Waals surface area contributed by atoms with Crippen LogP contribution in [-0.4, -0.2) is 56.0 Å². The van der Waals surface area contributed by atoms with Crippen molar-refractivity contribution in [2.75, 3.05) is 6.61 Å². The molecule has 6 rings (SSSR count). The summed E-state index contributed by atoms with van der Waals surface area (Å²) in [6.07, 6.45) is 15.1. The molecule has 4 bridgehead atoms. The van der Waals surface area contributed by atoms with E-state index in [2.05, 4.69) is 15.0 Å². The maximum absolute atomic E-state index is 14.0. The molecular weight excluding hydrogens is 480 g/mol. The Kier molecular flexibility index (Phi) is 7.25. The van der Waals surface area contributed by atoms with Crippen LogP contribution < -0.4 is 5.56 Å². The predicted molar refractivity (Wildman–Crippen MR) is 146 cm³/mol. The smallest absolute Gasteiger partial charge is 0.360 e. The predicted octanol–water partition coefficient (Wildman–Crippen LogP) is 5.14. The molecule has 8 heteroatoms. The molecule has 4 fully saturated rings. The molecule has 2 saturated heterocycles. The molecule has 0 spiro atoms. The van der Waals surface area contributed by atoms with Crippen LogP contribution in [0.2, 0.25) is 0 Å². The van der Waals surface area contributed by atoms with Crippen molar-refractivity contribution in [1.29, 1.82) is 0 Å². The lowest BCUT2D eigenvalue weighted by Crippen LogP contribution is -2.58. The zero-order valence-electron chi connectivity index (χ0n) is 22.4. The van der Waals surface area contributed by atoms with Gasteiger partial charge in [0, 0.05) is 24.2 Å². The van der Waals surface area contributed by atoms with Crippen LogP contribution in [0.25, 0.3) is 11.0 Å². The van der Waals surface area contributed by atoms with Crippen molar-refractivity contribution in [3.8, 4) is 0 Å². The van der Waals surface area contributed by atoms with Crippen LogP contribution >= 0.6 is 0 Å². The van der Waals surface area contributed by atoms with Gasteiger partial charge in [0.25, 0.3) is 5.56 Å². The van der Waals surface area contributed by atoms with Crippen molar-refractivity contribution in [1.82, 2.24) is 14.5 Å². The van der Waals surface area contributed by atoms with E-state index in [1.165, 1.54) is 64.2 Å². The molecule has 4 atom stereocenters. The summed E-state index contributed by atoms with van der Waals surface area (Å²) in [5.41, 5.74) is 0.413. The Bertz CT molecular complexity index is 1240. The Morgan fingerprint density at radius 3 is 2.29 bits per heavy atom. The van der Waals surface area contributed by atoms with Gasteiger partial charge in [0.2, 0.25) is 5.71 Å². The van der Waals surface area contributed by atoms with E-state index >= 15 is 0 Å².